The highest BCUT2D eigenvalue weighted by Crippen LogP contribution is 2.23. The van der Waals surface area contributed by atoms with E-state index in [4.69, 9.17) is 11.6 Å². The van der Waals surface area contributed by atoms with Gasteiger partial charge in [-0.3, -0.25) is 0 Å². The Bertz CT molecular complexity index is 520. The number of thiazole rings is 1. The first kappa shape index (κ1) is 12.3. The Morgan fingerprint density at radius 2 is 2.18 bits per heavy atom. The van der Waals surface area contributed by atoms with E-state index in [9.17, 15) is 4.39 Å². The molecular weight excluding hydrogens is 259 g/mol. The number of hydrogen-bond donors (Lipinski definition) is 1. The molecule has 5 heteroatoms. The summed E-state index contributed by atoms with van der Waals surface area (Å²) in [6.45, 7) is 4.50. The highest BCUT2D eigenvalue weighted by Gasteiger charge is 2.07. The lowest BCUT2D eigenvalue weighted by molar-refractivity contribution is 0.630. The standard InChI is InChI=1S/C12H12ClFN2S/c1-7-8(2)17-11(16-7)6-15-10-5-3-4-9(13)12(10)14/h3-5,15H,6H2,1-2H3. The Kier molecular flexibility index (Phi) is 3.64. The number of rotatable bonds is 3. The second-order valence-electron chi connectivity index (χ2n) is 3.70. The van der Waals surface area contributed by atoms with E-state index >= 15 is 0 Å². The molecule has 2 nitrogen and oxygen atoms in total. The van der Waals surface area contributed by atoms with E-state index in [0.717, 1.165) is 10.7 Å². The summed E-state index contributed by atoms with van der Waals surface area (Å²) in [7, 11) is 0. The maximum absolute atomic E-state index is 13.6. The molecule has 0 bridgehead atoms. The molecule has 0 aliphatic rings. The van der Waals surface area contributed by atoms with Crippen LogP contribution in [0.15, 0.2) is 18.2 Å². The summed E-state index contributed by atoms with van der Waals surface area (Å²) >= 11 is 7.31. The fraction of sp³-hybridized carbons (Fsp3) is 0.250. The molecule has 0 radical (unpaired) electrons. The first-order valence-electron chi connectivity index (χ1n) is 5.18. The van der Waals surface area contributed by atoms with Crippen LogP contribution in [0.3, 0.4) is 0 Å². The molecule has 0 saturated heterocycles. The maximum atomic E-state index is 13.6. The van der Waals surface area contributed by atoms with E-state index in [1.807, 2.05) is 13.8 Å². The van der Waals surface area contributed by atoms with Crippen LogP contribution in [0.5, 0.6) is 0 Å². The number of hydrogen-bond acceptors (Lipinski definition) is 3. The maximum Gasteiger partial charge on any atom is 0.164 e. The third-order valence-corrected chi connectivity index (χ3v) is 3.82. The molecule has 0 fully saturated rings. The molecule has 1 aromatic heterocycles. The zero-order valence-electron chi connectivity index (χ0n) is 9.55. The van der Waals surface area contributed by atoms with Crippen molar-refractivity contribution in [3.63, 3.8) is 0 Å². The number of nitrogens with one attached hydrogen (secondary N) is 1. The molecule has 0 amide bonds. The molecule has 0 saturated carbocycles. The van der Waals surface area contributed by atoms with Gasteiger partial charge in [0, 0.05) is 4.88 Å². The monoisotopic (exact) mass is 270 g/mol. The van der Waals surface area contributed by atoms with Crippen molar-refractivity contribution in [3.05, 3.63) is 44.6 Å². The first-order chi connectivity index (χ1) is 8.08. The van der Waals surface area contributed by atoms with E-state index in [0.29, 0.717) is 12.2 Å². The van der Waals surface area contributed by atoms with Crippen LogP contribution in [0.2, 0.25) is 5.02 Å². The van der Waals surface area contributed by atoms with Gasteiger partial charge in [0.1, 0.15) is 5.01 Å². The van der Waals surface area contributed by atoms with Gasteiger partial charge in [-0.15, -0.1) is 11.3 Å². The lowest BCUT2D eigenvalue weighted by Crippen LogP contribution is -2.01. The van der Waals surface area contributed by atoms with Gasteiger partial charge in [0.15, 0.2) is 5.82 Å². The summed E-state index contributed by atoms with van der Waals surface area (Å²) in [4.78, 5) is 5.57. The van der Waals surface area contributed by atoms with Gasteiger partial charge in [0.05, 0.1) is 22.9 Å². The van der Waals surface area contributed by atoms with Gasteiger partial charge in [-0.05, 0) is 26.0 Å². The number of nitrogens with zero attached hydrogens (tertiary/aromatic N) is 1. The van der Waals surface area contributed by atoms with Crippen LogP contribution in [0.4, 0.5) is 10.1 Å². The lowest BCUT2D eigenvalue weighted by atomic mass is 10.3. The molecule has 90 valence electrons. The molecule has 1 heterocycles. The first-order valence-corrected chi connectivity index (χ1v) is 6.38. The zero-order chi connectivity index (χ0) is 12.4. The Labute approximate surface area is 108 Å². The summed E-state index contributed by atoms with van der Waals surface area (Å²) in [6.07, 6.45) is 0. The second-order valence-corrected chi connectivity index (χ2v) is 5.40. The van der Waals surface area contributed by atoms with Gasteiger partial charge in [0.2, 0.25) is 0 Å². The minimum Gasteiger partial charge on any atom is -0.376 e. The SMILES string of the molecule is Cc1nc(CNc2cccc(Cl)c2F)sc1C. The normalized spacial score (nSPS) is 10.6. The average Bonchev–Trinajstić information content (AvgIpc) is 2.61. The predicted octanol–water partition coefficient (Wildman–Crippen LogP) is 4.16. The van der Waals surface area contributed by atoms with Crippen molar-refractivity contribution >= 4 is 28.6 Å². The predicted molar refractivity (Wildman–Crippen MR) is 70.3 cm³/mol. The largest absolute Gasteiger partial charge is 0.376 e. The summed E-state index contributed by atoms with van der Waals surface area (Å²) in [6, 6.07) is 4.90. The van der Waals surface area contributed by atoms with E-state index in [2.05, 4.69) is 10.3 Å². The molecule has 2 aromatic rings. The van der Waals surface area contributed by atoms with E-state index in [1.54, 1.807) is 23.5 Å². The number of anilines is 1. The molecule has 1 aromatic carbocycles. The van der Waals surface area contributed by atoms with E-state index in [1.165, 1.54) is 10.9 Å². The zero-order valence-corrected chi connectivity index (χ0v) is 11.1. The number of aryl methyl sites for hydroxylation is 2. The Hall–Kier alpha value is -1.13. The van der Waals surface area contributed by atoms with E-state index in [-0.39, 0.29) is 5.02 Å². The highest BCUT2D eigenvalue weighted by molar-refractivity contribution is 7.11. The Morgan fingerprint density at radius 1 is 1.41 bits per heavy atom. The van der Waals surface area contributed by atoms with Gasteiger partial charge in [0.25, 0.3) is 0 Å². The third-order valence-electron chi connectivity index (χ3n) is 2.45. The molecule has 17 heavy (non-hydrogen) atoms. The molecule has 0 spiro atoms. The molecule has 1 N–H and O–H groups in total. The lowest BCUT2D eigenvalue weighted by Gasteiger charge is -2.06. The second kappa shape index (κ2) is 5.02. The van der Waals surface area contributed by atoms with Crippen molar-refractivity contribution in [1.82, 2.24) is 4.98 Å². The summed E-state index contributed by atoms with van der Waals surface area (Å²) in [5.74, 6) is -0.417. The van der Waals surface area contributed by atoms with Gasteiger partial charge in [-0.1, -0.05) is 17.7 Å². The Morgan fingerprint density at radius 3 is 2.82 bits per heavy atom. The van der Waals surface area contributed by atoms with E-state index < -0.39 is 5.82 Å². The number of benzene rings is 1. The molecule has 0 aliphatic carbocycles. The molecule has 0 atom stereocenters. The minimum atomic E-state index is -0.417. The van der Waals surface area contributed by atoms with Crippen LogP contribution in [0.1, 0.15) is 15.6 Å². The van der Waals surface area contributed by atoms with Crippen molar-refractivity contribution < 1.29 is 4.39 Å². The molecule has 0 aliphatic heterocycles. The highest BCUT2D eigenvalue weighted by atomic mass is 35.5. The van der Waals surface area contributed by atoms with Crippen LogP contribution in [-0.2, 0) is 6.54 Å². The quantitative estimate of drug-likeness (QED) is 0.906. The van der Waals surface area contributed by atoms with Gasteiger partial charge < -0.3 is 5.32 Å². The van der Waals surface area contributed by atoms with Crippen LogP contribution in [-0.4, -0.2) is 4.98 Å². The summed E-state index contributed by atoms with van der Waals surface area (Å²) in [5.41, 5.74) is 1.43. The van der Waals surface area contributed by atoms with Crippen LogP contribution in [0, 0.1) is 19.7 Å². The number of aromatic nitrogens is 1. The van der Waals surface area contributed by atoms with Crippen molar-refractivity contribution in [3.8, 4) is 0 Å². The van der Waals surface area contributed by atoms with Crippen LogP contribution in [0.25, 0.3) is 0 Å². The number of halogens is 2. The molecule has 2 rings (SSSR count). The minimum absolute atomic E-state index is 0.126. The van der Waals surface area contributed by atoms with Crippen molar-refractivity contribution in [2.75, 3.05) is 5.32 Å². The van der Waals surface area contributed by atoms with Gasteiger partial charge in [-0.2, -0.15) is 0 Å². The van der Waals surface area contributed by atoms with Gasteiger partial charge in [-0.25, -0.2) is 9.37 Å². The van der Waals surface area contributed by atoms with Crippen LogP contribution < -0.4 is 5.32 Å². The van der Waals surface area contributed by atoms with Crippen molar-refractivity contribution in [2.45, 2.75) is 20.4 Å². The third kappa shape index (κ3) is 2.76. The Balaban J connectivity index is 2.10. The summed E-state index contributed by atoms with van der Waals surface area (Å²) in [5, 5.41) is 4.07. The summed E-state index contributed by atoms with van der Waals surface area (Å²) < 4.78 is 13.6. The molecule has 0 unspecified atom stereocenters. The van der Waals surface area contributed by atoms with Crippen molar-refractivity contribution in [1.29, 1.82) is 0 Å². The van der Waals surface area contributed by atoms with Crippen molar-refractivity contribution in [2.24, 2.45) is 0 Å². The van der Waals surface area contributed by atoms with Crippen LogP contribution >= 0.6 is 22.9 Å². The smallest absolute Gasteiger partial charge is 0.164 e. The van der Waals surface area contributed by atoms with Gasteiger partial charge >= 0.3 is 0 Å². The fourth-order valence-corrected chi connectivity index (χ4v) is 2.47. The fourth-order valence-electron chi connectivity index (χ4n) is 1.43. The topological polar surface area (TPSA) is 24.9 Å². The molecular formula is C12H12ClFN2S. The average molecular weight is 271 g/mol.